The first-order chi connectivity index (χ1) is 20.9. The van der Waals surface area contributed by atoms with Crippen molar-refractivity contribution in [3.05, 3.63) is 87.4 Å². The zero-order valence-electron chi connectivity index (χ0n) is 21.9. The second-order valence-electron chi connectivity index (χ2n) is 8.99. The molecule has 19 heteroatoms. The second kappa shape index (κ2) is 12.3. The molecule has 44 heavy (non-hydrogen) atoms. The van der Waals surface area contributed by atoms with Gasteiger partial charge in [0.05, 0.1) is 10.5 Å². The van der Waals surface area contributed by atoms with Crippen molar-refractivity contribution in [2.45, 2.75) is 24.2 Å². The molecule has 2 aliphatic heterocycles. The van der Waals surface area contributed by atoms with E-state index in [0.29, 0.717) is 17.4 Å². The summed E-state index contributed by atoms with van der Waals surface area (Å²) >= 11 is 1.97. The Morgan fingerprint density at radius 3 is 2.64 bits per heavy atom. The van der Waals surface area contributed by atoms with Crippen LogP contribution in [0, 0.1) is 10.1 Å². The van der Waals surface area contributed by atoms with Crippen molar-refractivity contribution in [2.24, 2.45) is 5.16 Å². The number of nitrogens with two attached hydrogens (primary N) is 1. The molecule has 3 aromatic rings. The van der Waals surface area contributed by atoms with E-state index in [1.807, 2.05) is 0 Å². The molecule has 2 amide bonds. The molecule has 1 aromatic heterocycles. The number of nitro benzene ring substituents is 1. The third-order valence-corrected chi connectivity index (χ3v) is 7.86. The number of oxime groups is 1. The van der Waals surface area contributed by atoms with E-state index in [2.05, 4.69) is 19.8 Å². The van der Waals surface area contributed by atoms with Crippen LogP contribution >= 0.6 is 23.3 Å². The van der Waals surface area contributed by atoms with Gasteiger partial charge in [-0.1, -0.05) is 11.2 Å². The van der Waals surface area contributed by atoms with E-state index in [-0.39, 0.29) is 34.7 Å². The minimum absolute atomic E-state index is 0.0321. The average Bonchev–Trinajstić information content (AvgIpc) is 3.43. The Morgan fingerprint density at radius 2 is 1.98 bits per heavy atom. The first-order valence-electron chi connectivity index (χ1n) is 12.3. The van der Waals surface area contributed by atoms with Crippen molar-refractivity contribution in [3.63, 3.8) is 0 Å². The number of hydrogen-bond acceptors (Lipinski definition) is 13. The minimum Gasteiger partial charge on any atom is -0.456 e. The van der Waals surface area contributed by atoms with Crippen LogP contribution in [0.5, 0.6) is 5.75 Å². The highest BCUT2D eigenvalue weighted by Gasteiger charge is 2.53. The molecule has 1 fully saturated rings. The lowest BCUT2D eigenvalue weighted by Crippen LogP contribution is -2.70. The fourth-order valence-electron chi connectivity index (χ4n) is 4.02. The lowest BCUT2D eigenvalue weighted by molar-refractivity contribution is -0.384. The minimum atomic E-state index is -4.65. The van der Waals surface area contributed by atoms with Crippen LogP contribution in [0.15, 0.2) is 65.5 Å². The molecule has 0 spiro atoms. The summed E-state index contributed by atoms with van der Waals surface area (Å²) < 4.78 is 48.4. The van der Waals surface area contributed by atoms with Gasteiger partial charge in [-0.3, -0.25) is 24.6 Å². The zero-order valence-corrected chi connectivity index (χ0v) is 23.5. The predicted octanol–water partition coefficient (Wildman–Crippen LogP) is 2.86. The number of amides is 2. The number of esters is 1. The molecule has 228 valence electrons. The van der Waals surface area contributed by atoms with E-state index in [1.165, 1.54) is 48.2 Å². The van der Waals surface area contributed by atoms with Gasteiger partial charge in [0.2, 0.25) is 11.5 Å². The summed E-state index contributed by atoms with van der Waals surface area (Å²) in [5.41, 5.74) is 4.38. The maximum absolute atomic E-state index is 13.2. The highest BCUT2D eigenvalue weighted by atomic mass is 32.2. The summed E-state index contributed by atoms with van der Waals surface area (Å²) in [5.74, 6) is -2.75. The third-order valence-electron chi connectivity index (χ3n) is 6.13. The molecule has 0 aliphatic carbocycles. The number of benzene rings is 2. The number of anilines is 1. The molecule has 0 bridgehead atoms. The SMILES string of the molecule is Nc1nc(C(=NOc2cccc(C(F)(F)F)c2)C(=O)NC2C(=O)N3C(C(=O)OCc4ccc([N+](=O)[O-])cc4)=CCS[C@H]23)ns1. The number of nitrogen functional groups attached to an aromatic ring is 1. The first-order valence-corrected chi connectivity index (χ1v) is 14.1. The molecular weight excluding hydrogens is 631 g/mol. The van der Waals surface area contributed by atoms with Gasteiger partial charge in [0, 0.05) is 29.4 Å². The smallest absolute Gasteiger partial charge is 0.416 e. The van der Waals surface area contributed by atoms with Gasteiger partial charge in [0.25, 0.3) is 17.5 Å². The largest absolute Gasteiger partial charge is 0.456 e. The molecule has 14 nitrogen and oxygen atoms in total. The summed E-state index contributed by atoms with van der Waals surface area (Å²) in [6.45, 7) is -0.205. The summed E-state index contributed by atoms with van der Waals surface area (Å²) in [4.78, 5) is 59.4. The number of nitro groups is 1. The molecule has 5 rings (SSSR count). The van der Waals surface area contributed by atoms with Gasteiger partial charge in [-0.2, -0.15) is 22.5 Å². The molecule has 1 saturated heterocycles. The standard InChI is InChI=1S/C25H18F3N7O7S2/c26-25(27,28)13-2-1-3-15(10-13)42-32-17(19-31-24(29)44-33-19)20(36)30-18-21(37)34-16(8-9-43-22(18)34)23(38)41-11-12-4-6-14(7-5-12)35(39)40/h1-8,10,18,22H,9,11H2,(H,30,36)(H2,29,31,33)/t18?,22-/m1/s1. The van der Waals surface area contributed by atoms with Crippen LogP contribution in [0.4, 0.5) is 24.0 Å². The number of fused-ring (bicyclic) bond motifs is 1. The summed E-state index contributed by atoms with van der Waals surface area (Å²) in [7, 11) is 0. The number of hydrogen-bond donors (Lipinski definition) is 2. The number of non-ortho nitro benzene ring substituents is 1. The molecule has 3 heterocycles. The number of halogens is 3. The predicted molar refractivity (Wildman–Crippen MR) is 149 cm³/mol. The van der Waals surface area contributed by atoms with Crippen LogP contribution in [-0.4, -0.2) is 59.8 Å². The van der Waals surface area contributed by atoms with Gasteiger partial charge in [0.1, 0.15) is 23.7 Å². The normalized spacial score (nSPS) is 18.1. The summed E-state index contributed by atoms with van der Waals surface area (Å²) in [5, 5.41) is 16.2. The Balaban J connectivity index is 1.26. The lowest BCUT2D eigenvalue weighted by Gasteiger charge is -2.48. The number of thioether (sulfide) groups is 1. The fourth-order valence-corrected chi connectivity index (χ4v) is 5.65. The van der Waals surface area contributed by atoms with Crippen LogP contribution < -0.4 is 15.9 Å². The highest BCUT2D eigenvalue weighted by molar-refractivity contribution is 8.00. The van der Waals surface area contributed by atoms with Crippen molar-refractivity contribution in [1.82, 2.24) is 19.6 Å². The molecule has 0 radical (unpaired) electrons. The van der Waals surface area contributed by atoms with E-state index in [1.54, 1.807) is 0 Å². The number of nitrogens with zero attached hydrogens (tertiary/aromatic N) is 5. The van der Waals surface area contributed by atoms with Gasteiger partial charge in [-0.25, -0.2) is 4.79 Å². The van der Waals surface area contributed by atoms with Gasteiger partial charge < -0.3 is 20.6 Å². The lowest BCUT2D eigenvalue weighted by atomic mass is 10.0. The summed E-state index contributed by atoms with van der Waals surface area (Å²) in [6.07, 6.45) is -3.15. The molecule has 3 N–H and O–H groups in total. The van der Waals surface area contributed by atoms with Crippen LogP contribution in [0.3, 0.4) is 0 Å². The Kier molecular flexibility index (Phi) is 8.50. The third kappa shape index (κ3) is 6.47. The van der Waals surface area contributed by atoms with Crippen molar-refractivity contribution in [1.29, 1.82) is 0 Å². The van der Waals surface area contributed by atoms with Crippen LogP contribution in [0.25, 0.3) is 0 Å². The van der Waals surface area contributed by atoms with Crippen LogP contribution in [0.1, 0.15) is 17.0 Å². The molecule has 0 saturated carbocycles. The number of alkyl halides is 3. The number of β-lactam (4-membered cyclic amide) rings is 1. The number of nitrogens with one attached hydrogen (secondary N) is 1. The first kappa shape index (κ1) is 30.4. The van der Waals surface area contributed by atoms with Crippen molar-refractivity contribution in [2.75, 3.05) is 11.5 Å². The Hall–Kier alpha value is -5.04. The number of carbonyl (C=O) groups excluding carboxylic acids is 3. The van der Waals surface area contributed by atoms with Gasteiger partial charge in [-0.05, 0) is 42.0 Å². The fraction of sp³-hybridized carbons (Fsp3) is 0.200. The van der Waals surface area contributed by atoms with E-state index in [0.717, 1.165) is 28.6 Å². The molecular formula is C25H18F3N7O7S2. The van der Waals surface area contributed by atoms with Crippen LogP contribution in [0.2, 0.25) is 0 Å². The van der Waals surface area contributed by atoms with Gasteiger partial charge in [0.15, 0.2) is 10.9 Å². The number of rotatable bonds is 9. The number of ether oxygens (including phenoxy) is 1. The molecule has 2 aliphatic rings. The second-order valence-corrected chi connectivity index (χ2v) is 10.9. The quantitative estimate of drug-likeness (QED) is 0.114. The Morgan fingerprint density at radius 1 is 1.23 bits per heavy atom. The summed E-state index contributed by atoms with van der Waals surface area (Å²) in [6, 6.07) is 8.07. The number of aromatic nitrogens is 2. The van der Waals surface area contributed by atoms with Crippen molar-refractivity contribution < 1.29 is 42.1 Å². The van der Waals surface area contributed by atoms with Gasteiger partial charge >= 0.3 is 12.1 Å². The van der Waals surface area contributed by atoms with E-state index in [9.17, 15) is 37.7 Å². The van der Waals surface area contributed by atoms with E-state index < -0.39 is 51.6 Å². The van der Waals surface area contributed by atoms with Crippen LogP contribution in [-0.2, 0) is 31.9 Å². The monoisotopic (exact) mass is 649 g/mol. The number of carbonyl (C=O) groups is 3. The average molecular weight is 650 g/mol. The zero-order chi connectivity index (χ0) is 31.6. The van der Waals surface area contributed by atoms with E-state index in [4.69, 9.17) is 15.3 Å². The molecule has 1 unspecified atom stereocenters. The Labute approximate surface area is 253 Å². The van der Waals surface area contributed by atoms with Crippen molar-refractivity contribution >= 4 is 57.6 Å². The maximum Gasteiger partial charge on any atom is 0.416 e. The van der Waals surface area contributed by atoms with Crippen molar-refractivity contribution in [3.8, 4) is 5.75 Å². The molecule has 2 atom stereocenters. The molecule has 2 aromatic carbocycles. The van der Waals surface area contributed by atoms with E-state index >= 15 is 0 Å². The van der Waals surface area contributed by atoms with Gasteiger partial charge in [-0.15, -0.1) is 11.8 Å². The topological polar surface area (TPSA) is 192 Å². The Bertz CT molecular complexity index is 1700. The maximum atomic E-state index is 13.2. The highest BCUT2D eigenvalue weighted by Crippen LogP contribution is 2.38.